The number of aromatic nitrogens is 2. The van der Waals surface area contributed by atoms with E-state index in [9.17, 15) is 5.11 Å². The lowest BCUT2D eigenvalue weighted by Crippen LogP contribution is -2.35. The molecule has 1 atom stereocenters. The van der Waals surface area contributed by atoms with E-state index in [-0.39, 0.29) is 0 Å². The van der Waals surface area contributed by atoms with Gasteiger partial charge in [-0.3, -0.25) is 9.58 Å². The molecule has 0 bridgehead atoms. The zero-order chi connectivity index (χ0) is 13.8. The summed E-state index contributed by atoms with van der Waals surface area (Å²) in [6.45, 7) is 3.44. The van der Waals surface area contributed by atoms with Gasteiger partial charge in [0, 0.05) is 37.6 Å². The first-order chi connectivity index (χ1) is 9.81. The van der Waals surface area contributed by atoms with E-state index in [0.717, 1.165) is 18.8 Å². The van der Waals surface area contributed by atoms with Gasteiger partial charge < -0.3 is 9.84 Å². The largest absolute Gasteiger partial charge is 0.492 e. The van der Waals surface area contributed by atoms with Crippen LogP contribution in [0.2, 0.25) is 0 Å². The molecule has 106 valence electrons. The van der Waals surface area contributed by atoms with Crippen LogP contribution in [0, 0.1) is 0 Å². The molecular formula is C15H19N3O2. The Kier molecular flexibility index (Phi) is 3.99. The number of para-hydroxylation sites is 1. The molecule has 0 amide bonds. The number of aliphatic hydroxyl groups excluding tert-OH is 1. The molecular weight excluding hydrogens is 254 g/mol. The van der Waals surface area contributed by atoms with Crippen LogP contribution in [0.25, 0.3) is 0 Å². The molecule has 0 aliphatic carbocycles. The van der Waals surface area contributed by atoms with Crippen LogP contribution in [0.3, 0.4) is 0 Å². The predicted octanol–water partition coefficient (Wildman–Crippen LogP) is 1.14. The van der Waals surface area contributed by atoms with Crippen molar-refractivity contribution in [3.05, 3.63) is 48.3 Å². The number of ether oxygens (including phenoxy) is 1. The Morgan fingerprint density at radius 2 is 2.15 bits per heavy atom. The van der Waals surface area contributed by atoms with Crippen LogP contribution in [0.5, 0.6) is 5.75 Å². The second kappa shape index (κ2) is 6.07. The van der Waals surface area contributed by atoms with E-state index in [4.69, 9.17) is 4.74 Å². The van der Waals surface area contributed by atoms with E-state index in [0.29, 0.717) is 19.7 Å². The van der Waals surface area contributed by atoms with Gasteiger partial charge in [-0.25, -0.2) is 0 Å². The second-order valence-electron chi connectivity index (χ2n) is 5.07. The maximum absolute atomic E-state index is 10.2. The van der Waals surface area contributed by atoms with Crippen molar-refractivity contribution in [2.75, 3.05) is 19.7 Å². The molecule has 0 radical (unpaired) electrons. The molecule has 0 fully saturated rings. The number of benzene rings is 1. The third kappa shape index (κ3) is 3.18. The topological polar surface area (TPSA) is 50.5 Å². The SMILES string of the molecule is OC(CN1CCOc2ccccc2C1)Cn1cccn1. The van der Waals surface area contributed by atoms with Crippen LogP contribution in [0.1, 0.15) is 5.56 Å². The van der Waals surface area contributed by atoms with Crippen LogP contribution < -0.4 is 4.74 Å². The van der Waals surface area contributed by atoms with Crippen LogP contribution in [-0.2, 0) is 13.1 Å². The highest BCUT2D eigenvalue weighted by Crippen LogP contribution is 2.22. The van der Waals surface area contributed by atoms with Gasteiger partial charge in [0.1, 0.15) is 12.4 Å². The van der Waals surface area contributed by atoms with Gasteiger partial charge in [0.2, 0.25) is 0 Å². The van der Waals surface area contributed by atoms with Crippen molar-refractivity contribution in [1.82, 2.24) is 14.7 Å². The average molecular weight is 273 g/mol. The summed E-state index contributed by atoms with van der Waals surface area (Å²) in [6, 6.07) is 9.95. The van der Waals surface area contributed by atoms with Gasteiger partial charge in [-0.2, -0.15) is 5.10 Å². The average Bonchev–Trinajstić information content (AvgIpc) is 2.85. The van der Waals surface area contributed by atoms with E-state index in [1.54, 1.807) is 10.9 Å². The lowest BCUT2D eigenvalue weighted by molar-refractivity contribution is 0.0884. The number of hydrogen-bond donors (Lipinski definition) is 1. The zero-order valence-corrected chi connectivity index (χ0v) is 11.4. The minimum Gasteiger partial charge on any atom is -0.492 e. The molecule has 2 aromatic rings. The van der Waals surface area contributed by atoms with Gasteiger partial charge in [-0.1, -0.05) is 18.2 Å². The first-order valence-corrected chi connectivity index (χ1v) is 6.90. The summed E-state index contributed by atoms with van der Waals surface area (Å²) in [4.78, 5) is 2.22. The molecule has 1 unspecified atom stereocenters. The molecule has 1 N–H and O–H groups in total. The van der Waals surface area contributed by atoms with E-state index < -0.39 is 6.10 Å². The number of rotatable bonds is 4. The Balaban J connectivity index is 1.60. The quantitative estimate of drug-likeness (QED) is 0.907. The van der Waals surface area contributed by atoms with Crippen molar-refractivity contribution < 1.29 is 9.84 Å². The van der Waals surface area contributed by atoms with Crippen LogP contribution in [0.4, 0.5) is 0 Å². The molecule has 1 aromatic heterocycles. The number of hydrogen-bond acceptors (Lipinski definition) is 4. The summed E-state index contributed by atoms with van der Waals surface area (Å²) in [6.07, 6.45) is 3.16. The summed E-state index contributed by atoms with van der Waals surface area (Å²) >= 11 is 0. The first-order valence-electron chi connectivity index (χ1n) is 6.90. The number of nitrogens with zero attached hydrogens (tertiary/aromatic N) is 3. The molecule has 20 heavy (non-hydrogen) atoms. The maximum Gasteiger partial charge on any atom is 0.123 e. The fraction of sp³-hybridized carbons (Fsp3) is 0.400. The van der Waals surface area contributed by atoms with Crippen molar-refractivity contribution in [2.45, 2.75) is 19.2 Å². The van der Waals surface area contributed by atoms with Crippen molar-refractivity contribution in [2.24, 2.45) is 0 Å². The fourth-order valence-corrected chi connectivity index (χ4v) is 2.52. The van der Waals surface area contributed by atoms with Crippen LogP contribution in [-0.4, -0.2) is 45.6 Å². The Labute approximate surface area is 118 Å². The van der Waals surface area contributed by atoms with Gasteiger partial charge in [0.15, 0.2) is 0 Å². The molecule has 0 saturated heterocycles. The fourth-order valence-electron chi connectivity index (χ4n) is 2.52. The summed E-state index contributed by atoms with van der Waals surface area (Å²) in [5.74, 6) is 0.955. The molecule has 5 nitrogen and oxygen atoms in total. The van der Waals surface area contributed by atoms with Crippen molar-refractivity contribution in [1.29, 1.82) is 0 Å². The highest BCUT2D eigenvalue weighted by molar-refractivity contribution is 5.33. The number of fused-ring (bicyclic) bond motifs is 1. The third-order valence-corrected chi connectivity index (χ3v) is 3.46. The predicted molar refractivity (Wildman–Crippen MR) is 75.4 cm³/mol. The first kappa shape index (κ1) is 13.1. The monoisotopic (exact) mass is 273 g/mol. The lowest BCUT2D eigenvalue weighted by Gasteiger charge is -2.22. The third-order valence-electron chi connectivity index (χ3n) is 3.46. The second-order valence-corrected chi connectivity index (χ2v) is 5.07. The molecule has 0 spiro atoms. The van der Waals surface area contributed by atoms with E-state index in [2.05, 4.69) is 16.1 Å². The standard InChI is InChI=1S/C15H19N3O2/c19-14(12-18-7-3-6-16-18)11-17-8-9-20-15-5-2-1-4-13(15)10-17/h1-7,14,19H,8-12H2. The number of aliphatic hydroxyl groups is 1. The Morgan fingerprint density at radius 1 is 1.25 bits per heavy atom. The molecule has 1 aliphatic rings. The molecule has 0 saturated carbocycles. The molecule has 3 rings (SSSR count). The lowest BCUT2D eigenvalue weighted by atomic mass is 10.2. The Morgan fingerprint density at radius 3 is 3.00 bits per heavy atom. The normalized spacial score (nSPS) is 17.1. The van der Waals surface area contributed by atoms with Gasteiger partial charge >= 0.3 is 0 Å². The Hall–Kier alpha value is -1.85. The van der Waals surface area contributed by atoms with Gasteiger partial charge in [-0.15, -0.1) is 0 Å². The van der Waals surface area contributed by atoms with Crippen LogP contribution in [0.15, 0.2) is 42.7 Å². The van der Waals surface area contributed by atoms with Crippen LogP contribution >= 0.6 is 0 Å². The zero-order valence-electron chi connectivity index (χ0n) is 11.4. The summed E-state index contributed by atoms with van der Waals surface area (Å²) in [5.41, 5.74) is 1.18. The summed E-state index contributed by atoms with van der Waals surface area (Å²) in [5, 5.41) is 14.3. The minimum atomic E-state index is -0.430. The molecule has 1 aromatic carbocycles. The molecule has 1 aliphatic heterocycles. The minimum absolute atomic E-state index is 0.430. The molecule has 5 heteroatoms. The smallest absolute Gasteiger partial charge is 0.123 e. The van der Waals surface area contributed by atoms with Gasteiger partial charge in [0.05, 0.1) is 12.6 Å². The highest BCUT2D eigenvalue weighted by Gasteiger charge is 2.17. The highest BCUT2D eigenvalue weighted by atomic mass is 16.5. The van der Waals surface area contributed by atoms with Gasteiger partial charge in [-0.05, 0) is 12.1 Å². The summed E-state index contributed by atoms with van der Waals surface area (Å²) in [7, 11) is 0. The molecule has 2 heterocycles. The van der Waals surface area contributed by atoms with E-state index in [1.807, 2.05) is 30.5 Å². The van der Waals surface area contributed by atoms with Crippen molar-refractivity contribution in [3.63, 3.8) is 0 Å². The Bertz CT molecular complexity index is 542. The number of β-amino-alcohol motifs (C(OH)–C–C–N with tert-alkyl or cyclic N) is 1. The van der Waals surface area contributed by atoms with Crippen molar-refractivity contribution >= 4 is 0 Å². The summed E-state index contributed by atoms with van der Waals surface area (Å²) < 4.78 is 7.48. The van der Waals surface area contributed by atoms with E-state index in [1.165, 1.54) is 5.56 Å². The van der Waals surface area contributed by atoms with Crippen molar-refractivity contribution in [3.8, 4) is 5.75 Å². The van der Waals surface area contributed by atoms with E-state index >= 15 is 0 Å². The maximum atomic E-state index is 10.2. The van der Waals surface area contributed by atoms with Gasteiger partial charge in [0.25, 0.3) is 0 Å².